The van der Waals surface area contributed by atoms with E-state index in [0.717, 1.165) is 0 Å². The molecule has 0 atom stereocenters. The van der Waals surface area contributed by atoms with Crippen LogP contribution < -0.4 is 5.46 Å². The van der Waals surface area contributed by atoms with Gasteiger partial charge >= 0.3 is 66.5 Å². The third-order valence-electron chi connectivity index (χ3n) is 1.07. The molecular weight excluding hydrogens is 193 g/mol. The normalized spacial score (nSPS) is 7.85. The van der Waals surface area contributed by atoms with Gasteiger partial charge in [-0.3, -0.25) is 0 Å². The van der Waals surface area contributed by atoms with E-state index in [9.17, 15) is 8.42 Å². The number of rotatable bonds is 1. The average Bonchev–Trinajstić information content (AvgIpc) is 1.93. The van der Waals surface area contributed by atoms with Crippen LogP contribution in [0.1, 0.15) is 0 Å². The van der Waals surface area contributed by atoms with Gasteiger partial charge in [-0.25, -0.2) is 0 Å². The smallest absolute Gasteiger partial charge is 0.870 e. The molecule has 68 valence electrons. The molecule has 1 rings (SSSR count). The van der Waals surface area contributed by atoms with Gasteiger partial charge in [-0.05, 0) is 0 Å². The molecule has 0 fully saturated rings. The molecule has 1 aromatic rings. The monoisotopic (exact) mass is 199 g/mol. The fraction of sp³-hybridized carbons (Fsp3) is 0. The molecule has 0 aliphatic rings. The number of hydrogen-bond acceptors (Lipinski definition) is 5. The average molecular weight is 199 g/mol. The quantitative estimate of drug-likeness (QED) is 0.584. The first kappa shape index (κ1) is 14.4. The molecule has 0 unspecified atom stereocenters. The van der Waals surface area contributed by atoms with E-state index in [1.165, 1.54) is 12.1 Å². The van der Waals surface area contributed by atoms with Crippen LogP contribution in [-0.4, -0.2) is 27.2 Å². The number of benzene rings is 1. The van der Waals surface area contributed by atoms with Crippen molar-refractivity contribution in [1.82, 2.24) is 0 Å². The predicted octanol–water partition coefficient (Wildman–Crippen LogP) is -0.179. The van der Waals surface area contributed by atoms with E-state index in [4.69, 9.17) is 7.85 Å². The zero-order valence-electron chi connectivity index (χ0n) is 6.45. The second kappa shape index (κ2) is 6.35. The van der Waals surface area contributed by atoms with Gasteiger partial charge in [-0.15, -0.1) is 0 Å². The van der Waals surface area contributed by atoms with E-state index in [1.54, 1.807) is 12.1 Å². The Morgan fingerprint density at radius 1 is 1.08 bits per heavy atom. The molecule has 0 spiro atoms. The fourth-order valence-electron chi connectivity index (χ4n) is 0.621. The van der Waals surface area contributed by atoms with Crippen LogP contribution in [0, 0.1) is 0 Å². The van der Waals surface area contributed by atoms with E-state index >= 15 is 0 Å². The maximum Gasteiger partial charge on any atom is -0.870 e. The Hall–Kier alpha value is -1.18. The zero-order valence-corrected chi connectivity index (χ0v) is 7.27. The van der Waals surface area contributed by atoms with Crippen molar-refractivity contribution in [2.45, 2.75) is 0 Å². The Morgan fingerprint density at radius 2 is 1.54 bits per heavy atom. The van der Waals surface area contributed by atoms with Gasteiger partial charge in [-0.2, -0.15) is 0 Å². The SMILES string of the molecule is [B+2]c1ccc(N=S(=O)=O)cc1.[OH-].[OH-]. The van der Waals surface area contributed by atoms with Gasteiger partial charge in [0.2, 0.25) is 0 Å². The van der Waals surface area contributed by atoms with Crippen LogP contribution in [0.25, 0.3) is 0 Å². The standard InChI is InChI=1S/C6H4BNO2S.2H2O/c7-5-1-3-6(4-2-5)8-11(9)10;;/h1-4H;2*1H2/q+2;;/p-2. The molecule has 1 aromatic carbocycles. The minimum atomic E-state index is -2.39. The predicted molar refractivity (Wildman–Crippen MR) is 46.7 cm³/mol. The van der Waals surface area contributed by atoms with Crippen molar-refractivity contribution < 1.29 is 19.4 Å². The topological polar surface area (TPSA) is 106 Å². The van der Waals surface area contributed by atoms with E-state index in [1.807, 2.05) is 0 Å². The van der Waals surface area contributed by atoms with Crippen molar-refractivity contribution in [3.05, 3.63) is 24.3 Å². The number of nitrogens with zero attached hydrogens (tertiary/aromatic N) is 1. The minimum absolute atomic E-state index is 0. The zero-order chi connectivity index (χ0) is 8.27. The molecule has 0 radical (unpaired) electrons. The molecule has 0 saturated heterocycles. The van der Waals surface area contributed by atoms with E-state index in [0.29, 0.717) is 11.2 Å². The third-order valence-corrected chi connectivity index (χ3v) is 1.43. The Balaban J connectivity index is 0. The molecule has 0 aliphatic carbocycles. The van der Waals surface area contributed by atoms with Gasteiger partial charge in [0, 0.05) is 0 Å². The van der Waals surface area contributed by atoms with Crippen LogP contribution in [0.5, 0.6) is 0 Å². The van der Waals surface area contributed by atoms with Crippen molar-refractivity contribution in [3.63, 3.8) is 0 Å². The van der Waals surface area contributed by atoms with Gasteiger partial charge in [0.25, 0.3) is 0 Å². The van der Waals surface area contributed by atoms with Crippen LogP contribution in [-0.2, 0) is 10.5 Å². The van der Waals surface area contributed by atoms with Gasteiger partial charge in [-0.1, -0.05) is 0 Å². The van der Waals surface area contributed by atoms with Crippen LogP contribution in [0.2, 0.25) is 0 Å². The molecule has 0 bridgehead atoms. The van der Waals surface area contributed by atoms with Crippen LogP contribution in [0.3, 0.4) is 0 Å². The summed E-state index contributed by atoms with van der Waals surface area (Å²) in [5, 5.41) is 0. The summed E-state index contributed by atoms with van der Waals surface area (Å²) in [6.45, 7) is 0. The first-order chi connectivity index (χ1) is 5.18. The molecule has 13 heavy (non-hydrogen) atoms. The summed E-state index contributed by atoms with van der Waals surface area (Å²) in [5.74, 6) is 0. The van der Waals surface area contributed by atoms with Crippen molar-refractivity contribution in [2.24, 2.45) is 4.36 Å². The van der Waals surface area contributed by atoms with Crippen LogP contribution in [0.15, 0.2) is 28.6 Å². The number of hydrogen-bond donors (Lipinski definition) is 0. The third kappa shape index (κ3) is 5.13. The van der Waals surface area contributed by atoms with Crippen molar-refractivity contribution in [1.29, 1.82) is 0 Å². The molecule has 0 aliphatic heterocycles. The molecule has 0 saturated carbocycles. The Labute approximate surface area is 78.1 Å². The second-order valence-corrected chi connectivity index (χ2v) is 2.52. The Kier molecular flexibility index (Phi) is 7.01. The molecule has 0 heterocycles. The molecule has 0 amide bonds. The van der Waals surface area contributed by atoms with Crippen molar-refractivity contribution in [3.8, 4) is 0 Å². The summed E-state index contributed by atoms with van der Waals surface area (Å²) >= 11 is 0. The second-order valence-electron chi connectivity index (χ2n) is 1.90. The Morgan fingerprint density at radius 3 is 1.92 bits per heavy atom. The summed E-state index contributed by atoms with van der Waals surface area (Å²) < 4.78 is 23.4. The maximum atomic E-state index is 10.1. The molecule has 7 heteroatoms. The van der Waals surface area contributed by atoms with Gasteiger partial charge in [0.15, 0.2) is 0 Å². The minimum Gasteiger partial charge on any atom is -0.870 e. The van der Waals surface area contributed by atoms with Gasteiger partial charge < -0.3 is 11.0 Å². The fourth-order valence-corrected chi connectivity index (χ4v) is 0.915. The largest absolute Gasteiger partial charge is 0.870 e. The summed E-state index contributed by atoms with van der Waals surface area (Å²) in [4.78, 5) is 0. The van der Waals surface area contributed by atoms with Crippen LogP contribution >= 0.6 is 0 Å². The Bertz CT molecular complexity index is 364. The maximum absolute atomic E-state index is 10.1. The van der Waals surface area contributed by atoms with E-state index < -0.39 is 10.5 Å². The summed E-state index contributed by atoms with van der Waals surface area (Å²) in [5.41, 5.74) is 0.966. The van der Waals surface area contributed by atoms with Gasteiger partial charge in [0.1, 0.15) is 0 Å². The molecular formula is C6H6BNO4S. The summed E-state index contributed by atoms with van der Waals surface area (Å²) in [6, 6.07) is 6.24. The molecule has 0 aromatic heterocycles. The van der Waals surface area contributed by atoms with E-state index in [2.05, 4.69) is 4.36 Å². The first-order valence-electron chi connectivity index (χ1n) is 2.85. The van der Waals surface area contributed by atoms with Crippen LogP contribution in [0.4, 0.5) is 5.69 Å². The summed E-state index contributed by atoms with van der Waals surface area (Å²) in [7, 11) is 2.97. The van der Waals surface area contributed by atoms with Crippen molar-refractivity contribution in [2.75, 3.05) is 0 Å². The van der Waals surface area contributed by atoms with Gasteiger partial charge in [0.05, 0.1) is 0 Å². The summed E-state index contributed by atoms with van der Waals surface area (Å²) in [6.07, 6.45) is 0. The first-order valence-corrected chi connectivity index (χ1v) is 3.88. The van der Waals surface area contributed by atoms with Crippen molar-refractivity contribution >= 4 is 29.5 Å². The van der Waals surface area contributed by atoms with E-state index in [-0.39, 0.29) is 11.0 Å². The molecule has 5 nitrogen and oxygen atoms in total. The molecule has 2 N–H and O–H groups in total.